The number of aromatic amines is 2. The lowest BCUT2D eigenvalue weighted by Gasteiger charge is -2.39. The molecule has 24 heteroatoms. The van der Waals surface area contributed by atoms with Crippen LogP contribution in [-0.4, -0.2) is 109 Å². The number of aromatic nitrogens is 6. The molecule has 0 saturated carbocycles. The summed E-state index contributed by atoms with van der Waals surface area (Å²) >= 11 is 6.29. The van der Waals surface area contributed by atoms with Crippen molar-refractivity contribution in [3.63, 3.8) is 0 Å². The standard InChI is InChI=1S/C54H66N7O14PSSi/c1-11-26-68-52(65)59-50-56-47-46(49(63)57-50)55-33-61(47)45-28-40(42(72-45)31-69-54(35-16-14-13-15-17-35,36-18-22-38(66-7)23-19-36)37-20-24-39(67-8)25-21-37)74-76(77,70-27-12-2)71-32-43-41(75-78(9,10)53(4,5)6)29-44(73-43)60-30-34(3)48(62)58-51(60)64/h11-25,30,33,40-45H,1-2,26-29,31-32H2,3-10H3,(H,58,62,64)(H2,56,57,59,63,65)/t40-,41-,42+,43+,44+,45+,76?/m0/s1. The van der Waals surface area contributed by atoms with Crippen LogP contribution < -0.4 is 31.6 Å². The molecule has 3 aromatic carbocycles. The van der Waals surface area contributed by atoms with Crippen LogP contribution in [0, 0.1) is 6.92 Å². The number of fused-ring (bicyclic) bond motifs is 1. The van der Waals surface area contributed by atoms with Gasteiger partial charge in [0.25, 0.3) is 11.1 Å². The number of benzene rings is 3. The van der Waals surface area contributed by atoms with Crippen molar-refractivity contribution in [2.75, 3.05) is 46.0 Å². The predicted octanol–water partition coefficient (Wildman–Crippen LogP) is 8.53. The number of carbonyl (C=O) groups is 1. The number of aryl methyl sites for hydroxylation is 1. The molecule has 0 bridgehead atoms. The molecule has 5 heterocycles. The van der Waals surface area contributed by atoms with Gasteiger partial charge in [0.2, 0.25) is 5.95 Å². The minimum absolute atomic E-state index is 0.0331. The molecule has 1 unspecified atom stereocenters. The number of methoxy groups -OCH3 is 2. The predicted molar refractivity (Wildman–Crippen MR) is 298 cm³/mol. The normalized spacial score (nSPS) is 20.5. The quantitative estimate of drug-likeness (QED) is 0.0236. The maximum Gasteiger partial charge on any atom is 0.414 e. The Balaban J connectivity index is 1.18. The van der Waals surface area contributed by atoms with E-state index in [4.69, 9.17) is 58.2 Å². The zero-order valence-corrected chi connectivity index (χ0v) is 47.5. The lowest BCUT2D eigenvalue weighted by molar-refractivity contribution is -0.0927. The van der Waals surface area contributed by atoms with Crippen LogP contribution in [0.3, 0.4) is 0 Å². The number of nitrogens with one attached hydrogen (secondary N) is 3. The molecule has 78 heavy (non-hydrogen) atoms. The van der Waals surface area contributed by atoms with Crippen molar-refractivity contribution in [3.8, 4) is 11.5 Å². The number of rotatable bonds is 23. The number of amides is 1. The molecule has 6 aromatic rings. The maximum absolute atomic E-state index is 13.4. The molecule has 2 saturated heterocycles. The minimum Gasteiger partial charge on any atom is -0.497 e. The molecule has 416 valence electrons. The van der Waals surface area contributed by atoms with Crippen molar-refractivity contribution in [2.24, 2.45) is 0 Å². The van der Waals surface area contributed by atoms with Crippen LogP contribution in [0.15, 0.2) is 131 Å². The van der Waals surface area contributed by atoms with E-state index in [1.54, 1.807) is 25.7 Å². The Hall–Kier alpha value is -6.37. The first kappa shape index (κ1) is 57.8. The molecule has 3 aromatic heterocycles. The van der Waals surface area contributed by atoms with E-state index in [1.165, 1.54) is 29.2 Å². The van der Waals surface area contributed by atoms with Gasteiger partial charge in [0.1, 0.15) is 48.4 Å². The largest absolute Gasteiger partial charge is 0.497 e. The van der Waals surface area contributed by atoms with E-state index >= 15 is 0 Å². The highest BCUT2D eigenvalue weighted by molar-refractivity contribution is 8.07. The fourth-order valence-electron chi connectivity index (χ4n) is 8.95. The molecule has 2 fully saturated rings. The smallest absolute Gasteiger partial charge is 0.414 e. The van der Waals surface area contributed by atoms with Gasteiger partial charge in [0.15, 0.2) is 19.5 Å². The van der Waals surface area contributed by atoms with Crippen molar-refractivity contribution in [1.29, 1.82) is 0 Å². The number of imidazole rings is 1. The maximum atomic E-state index is 13.4. The summed E-state index contributed by atoms with van der Waals surface area (Å²) in [6.07, 6.45) is 0.243. The first-order chi connectivity index (χ1) is 37.2. The van der Waals surface area contributed by atoms with Crippen LogP contribution in [0.2, 0.25) is 18.1 Å². The summed E-state index contributed by atoms with van der Waals surface area (Å²) in [4.78, 5) is 65.5. The van der Waals surface area contributed by atoms with E-state index < -0.39 is 80.4 Å². The molecule has 0 aliphatic carbocycles. The van der Waals surface area contributed by atoms with Crippen LogP contribution in [0.4, 0.5) is 10.7 Å². The van der Waals surface area contributed by atoms with Crippen molar-refractivity contribution in [3.05, 3.63) is 170 Å². The van der Waals surface area contributed by atoms with Crippen LogP contribution in [0.25, 0.3) is 11.2 Å². The average molecular weight is 1130 g/mol. The molecule has 2 aliphatic rings. The van der Waals surface area contributed by atoms with Crippen LogP contribution >= 0.6 is 6.72 Å². The SMILES string of the molecule is C=CCOC(=O)Nc1nc2c(ncn2[C@H]2C[C@H](OP(=S)(OCC=C)OC[C@H]3O[C@@H](n4cc(C)c(=O)[nH]c4=O)C[C@@H]3O[Si](C)(C)C(C)(C)C)[C@@H](COC(c3ccccc3)(c3ccc(OC)cc3)c3ccc(OC)cc3)O2)c(=O)[nH]1. The number of nitrogens with zero attached hydrogens (tertiary/aromatic N) is 4. The lowest BCUT2D eigenvalue weighted by Crippen LogP contribution is -2.46. The van der Waals surface area contributed by atoms with Gasteiger partial charge in [-0.2, -0.15) is 4.98 Å². The van der Waals surface area contributed by atoms with E-state index in [-0.39, 0.29) is 61.4 Å². The summed E-state index contributed by atoms with van der Waals surface area (Å²) in [6.45, 7) is 15.3. The highest BCUT2D eigenvalue weighted by atomic mass is 32.5. The summed E-state index contributed by atoms with van der Waals surface area (Å²) in [5.74, 6) is 1.08. The Morgan fingerprint density at radius 1 is 0.821 bits per heavy atom. The van der Waals surface area contributed by atoms with Crippen LogP contribution in [-0.2, 0) is 54.4 Å². The zero-order valence-electron chi connectivity index (χ0n) is 44.8. The number of anilines is 1. The Morgan fingerprint density at radius 2 is 1.41 bits per heavy atom. The highest BCUT2D eigenvalue weighted by Gasteiger charge is 2.48. The van der Waals surface area contributed by atoms with Gasteiger partial charge in [-0.3, -0.25) is 34.0 Å². The number of ether oxygens (including phenoxy) is 6. The van der Waals surface area contributed by atoms with E-state index in [0.29, 0.717) is 17.1 Å². The molecular formula is C54H66N7O14PSSi. The van der Waals surface area contributed by atoms with E-state index in [9.17, 15) is 19.2 Å². The Morgan fingerprint density at radius 3 is 2.01 bits per heavy atom. The highest BCUT2D eigenvalue weighted by Crippen LogP contribution is 2.55. The minimum atomic E-state index is -3.86. The molecule has 0 spiro atoms. The van der Waals surface area contributed by atoms with Crippen LogP contribution in [0.5, 0.6) is 11.5 Å². The first-order valence-corrected chi connectivity index (χ1v) is 30.7. The first-order valence-electron chi connectivity index (χ1n) is 25.2. The topological polar surface area (TPSA) is 240 Å². The van der Waals surface area contributed by atoms with Crippen molar-refractivity contribution < 1.29 is 51.2 Å². The van der Waals surface area contributed by atoms with Gasteiger partial charge in [0.05, 0.1) is 52.6 Å². The summed E-state index contributed by atoms with van der Waals surface area (Å²) in [5, 5.41) is 2.25. The Bertz CT molecular complexity index is 3260. The molecule has 3 N–H and O–H groups in total. The second-order valence-corrected chi connectivity index (χ2v) is 27.9. The molecule has 21 nitrogen and oxygen atoms in total. The van der Waals surface area contributed by atoms with Gasteiger partial charge in [-0.05, 0) is 77.8 Å². The van der Waals surface area contributed by atoms with E-state index in [0.717, 1.165) is 16.7 Å². The average Bonchev–Trinajstić information content (AvgIpc) is 4.15. The number of H-pyrrole nitrogens is 2. The Labute approximate surface area is 457 Å². The number of hydrogen-bond donors (Lipinski definition) is 3. The van der Waals surface area contributed by atoms with Gasteiger partial charge in [-0.15, -0.1) is 6.58 Å². The molecular weight excluding hydrogens is 1060 g/mol. The van der Waals surface area contributed by atoms with Crippen molar-refractivity contribution in [1.82, 2.24) is 29.1 Å². The zero-order chi connectivity index (χ0) is 56.0. The summed E-state index contributed by atoms with van der Waals surface area (Å²) in [6, 6.07) is 24.9. The van der Waals surface area contributed by atoms with Gasteiger partial charge >= 0.3 is 18.5 Å². The molecule has 8 rings (SSSR count). The van der Waals surface area contributed by atoms with Crippen molar-refractivity contribution >= 4 is 50.0 Å². The lowest BCUT2D eigenvalue weighted by atomic mass is 9.80. The Kier molecular flexibility index (Phi) is 18.0. The van der Waals surface area contributed by atoms with Gasteiger partial charge < -0.3 is 46.4 Å². The van der Waals surface area contributed by atoms with E-state index in [1.807, 2.05) is 78.9 Å². The third-order valence-electron chi connectivity index (χ3n) is 14.0. The van der Waals surface area contributed by atoms with E-state index in [2.05, 4.69) is 72.3 Å². The molecule has 0 radical (unpaired) electrons. The summed E-state index contributed by atoms with van der Waals surface area (Å²) < 4.78 is 66.9. The van der Waals surface area contributed by atoms with Gasteiger partial charge in [0, 0.05) is 24.6 Å². The monoisotopic (exact) mass is 1130 g/mol. The third kappa shape index (κ3) is 12.7. The molecule has 2 aliphatic heterocycles. The fraction of sp³-hybridized carbons (Fsp3) is 0.407. The van der Waals surface area contributed by atoms with Gasteiger partial charge in [-0.1, -0.05) is 94.1 Å². The van der Waals surface area contributed by atoms with Crippen molar-refractivity contribution in [2.45, 2.75) is 101 Å². The second kappa shape index (κ2) is 24.3. The molecule has 1 amide bonds. The van der Waals surface area contributed by atoms with Crippen LogP contribution in [0.1, 0.15) is 68.3 Å². The fourth-order valence-corrected chi connectivity index (χ4v) is 12.4. The summed E-state index contributed by atoms with van der Waals surface area (Å²) in [5.41, 5.74) is -0.373. The third-order valence-corrected chi connectivity index (χ3v) is 20.9. The number of carbonyl (C=O) groups excluding carboxylic acids is 1. The molecule has 7 atom stereocenters. The van der Waals surface area contributed by atoms with Gasteiger partial charge in [-0.25, -0.2) is 14.6 Å². The summed E-state index contributed by atoms with van der Waals surface area (Å²) in [7, 11) is 0.719. The second-order valence-electron chi connectivity index (χ2n) is 20.2. The number of hydrogen-bond acceptors (Lipinski definition) is 17.